The van der Waals surface area contributed by atoms with E-state index in [1.807, 2.05) is 49.1 Å². The molecule has 0 spiro atoms. The van der Waals surface area contributed by atoms with Crippen LogP contribution in [0.1, 0.15) is 35.7 Å². The fourth-order valence-corrected chi connectivity index (χ4v) is 2.16. The highest BCUT2D eigenvalue weighted by molar-refractivity contribution is 5.86. The molecule has 5 nitrogen and oxygen atoms in total. The maximum Gasteiger partial charge on any atom is 0.354 e. The maximum absolute atomic E-state index is 11.2. The first-order valence-electron chi connectivity index (χ1n) is 7.04. The van der Waals surface area contributed by atoms with Gasteiger partial charge in [-0.2, -0.15) is 0 Å². The highest BCUT2D eigenvalue weighted by Gasteiger charge is 2.13. The Morgan fingerprint density at radius 2 is 1.81 bits per heavy atom. The lowest BCUT2D eigenvalue weighted by molar-refractivity contribution is 0.0690. The van der Waals surface area contributed by atoms with Gasteiger partial charge in [0.05, 0.1) is 0 Å². The van der Waals surface area contributed by atoms with Crippen LogP contribution in [0.15, 0.2) is 36.4 Å². The van der Waals surface area contributed by atoms with Gasteiger partial charge in [-0.1, -0.05) is 30.3 Å². The number of rotatable bonds is 6. The monoisotopic (exact) mass is 285 g/mol. The lowest BCUT2D eigenvalue weighted by Crippen LogP contribution is -2.24. The van der Waals surface area contributed by atoms with Crippen LogP contribution in [0.25, 0.3) is 0 Å². The molecule has 0 fully saturated rings. The Hall–Kier alpha value is -2.43. The summed E-state index contributed by atoms with van der Waals surface area (Å²) in [7, 11) is 0. The van der Waals surface area contributed by atoms with Gasteiger partial charge in [0.15, 0.2) is 5.69 Å². The third-order valence-electron chi connectivity index (χ3n) is 3.27. The first-order valence-corrected chi connectivity index (χ1v) is 7.04. The third kappa shape index (κ3) is 3.78. The van der Waals surface area contributed by atoms with Crippen molar-refractivity contribution in [3.05, 3.63) is 53.5 Å². The minimum atomic E-state index is -1.03. The molecule has 21 heavy (non-hydrogen) atoms. The average Bonchev–Trinajstić information content (AvgIpc) is 2.49. The summed E-state index contributed by atoms with van der Waals surface area (Å²) < 4.78 is 0. The Labute approximate surface area is 124 Å². The van der Waals surface area contributed by atoms with Crippen molar-refractivity contribution >= 4 is 11.8 Å². The molecule has 0 aliphatic rings. The summed E-state index contributed by atoms with van der Waals surface area (Å²) in [4.78, 5) is 21.9. The SMILES string of the molecule is CCN(CC)c1cc(C(=O)O)nc(Cc2ccccc2)n1. The lowest BCUT2D eigenvalue weighted by Gasteiger charge is -2.20. The molecule has 0 unspecified atom stereocenters. The Morgan fingerprint density at radius 1 is 1.14 bits per heavy atom. The van der Waals surface area contributed by atoms with Gasteiger partial charge in [-0.05, 0) is 19.4 Å². The third-order valence-corrected chi connectivity index (χ3v) is 3.27. The molecule has 0 saturated carbocycles. The summed E-state index contributed by atoms with van der Waals surface area (Å²) in [6, 6.07) is 11.3. The highest BCUT2D eigenvalue weighted by Crippen LogP contribution is 2.15. The van der Waals surface area contributed by atoms with Crippen molar-refractivity contribution in [1.29, 1.82) is 0 Å². The quantitative estimate of drug-likeness (QED) is 0.883. The summed E-state index contributed by atoms with van der Waals surface area (Å²) in [5, 5.41) is 9.22. The number of aromatic carboxylic acids is 1. The van der Waals surface area contributed by atoms with Gasteiger partial charge in [0.25, 0.3) is 0 Å². The van der Waals surface area contributed by atoms with E-state index in [0.717, 1.165) is 18.7 Å². The van der Waals surface area contributed by atoms with Crippen LogP contribution in [-0.4, -0.2) is 34.1 Å². The van der Waals surface area contributed by atoms with Crippen LogP contribution in [0, 0.1) is 0 Å². The Morgan fingerprint density at radius 3 is 2.38 bits per heavy atom. The maximum atomic E-state index is 11.2. The first-order chi connectivity index (χ1) is 10.1. The fraction of sp³-hybridized carbons (Fsp3) is 0.312. The van der Waals surface area contributed by atoms with Crippen LogP contribution in [0.5, 0.6) is 0 Å². The number of hydrogen-bond donors (Lipinski definition) is 1. The molecule has 0 bridgehead atoms. The van der Waals surface area contributed by atoms with Crippen molar-refractivity contribution in [3.63, 3.8) is 0 Å². The van der Waals surface area contributed by atoms with Crippen molar-refractivity contribution in [1.82, 2.24) is 9.97 Å². The van der Waals surface area contributed by atoms with Crippen molar-refractivity contribution < 1.29 is 9.90 Å². The molecule has 110 valence electrons. The zero-order valence-electron chi connectivity index (χ0n) is 12.3. The van der Waals surface area contributed by atoms with Crippen LogP contribution in [0.3, 0.4) is 0 Å². The van der Waals surface area contributed by atoms with E-state index in [1.54, 1.807) is 0 Å². The molecular formula is C16H19N3O2. The number of carboxylic acid groups (broad SMARTS) is 1. The van der Waals surface area contributed by atoms with Gasteiger partial charge < -0.3 is 10.0 Å². The van der Waals surface area contributed by atoms with Crippen molar-refractivity contribution in [2.45, 2.75) is 20.3 Å². The molecule has 1 aromatic heterocycles. The van der Waals surface area contributed by atoms with E-state index in [0.29, 0.717) is 18.1 Å². The van der Waals surface area contributed by atoms with Crippen molar-refractivity contribution in [2.24, 2.45) is 0 Å². The second-order valence-electron chi connectivity index (χ2n) is 4.67. The van der Waals surface area contributed by atoms with E-state index >= 15 is 0 Å². The summed E-state index contributed by atoms with van der Waals surface area (Å²) in [6.45, 7) is 5.58. The topological polar surface area (TPSA) is 66.3 Å². The van der Waals surface area contributed by atoms with Gasteiger partial charge in [0.1, 0.15) is 11.6 Å². The molecule has 5 heteroatoms. The van der Waals surface area contributed by atoms with Crippen molar-refractivity contribution in [3.8, 4) is 0 Å². The number of carbonyl (C=O) groups is 1. The fourth-order valence-electron chi connectivity index (χ4n) is 2.16. The molecule has 0 radical (unpaired) electrons. The minimum Gasteiger partial charge on any atom is -0.477 e. The van der Waals surface area contributed by atoms with E-state index in [9.17, 15) is 9.90 Å². The minimum absolute atomic E-state index is 0.0397. The number of hydrogen-bond acceptors (Lipinski definition) is 4. The Balaban J connectivity index is 2.38. The van der Waals surface area contributed by atoms with E-state index in [4.69, 9.17) is 0 Å². The number of carboxylic acids is 1. The standard InChI is InChI=1S/C16H19N3O2/c1-3-19(4-2)15-11-13(16(20)21)17-14(18-15)10-12-8-6-5-7-9-12/h5-9,11H,3-4,10H2,1-2H3,(H,20,21). The number of nitrogens with zero attached hydrogens (tertiary/aromatic N) is 3. The molecule has 2 aromatic rings. The molecule has 0 saturated heterocycles. The molecule has 0 atom stereocenters. The van der Waals surface area contributed by atoms with Crippen LogP contribution in [0.4, 0.5) is 5.82 Å². The van der Waals surface area contributed by atoms with Gasteiger partial charge in [-0.25, -0.2) is 14.8 Å². The van der Waals surface area contributed by atoms with Crippen molar-refractivity contribution in [2.75, 3.05) is 18.0 Å². The summed E-state index contributed by atoms with van der Waals surface area (Å²) in [5.74, 6) is 0.168. The molecule has 1 aromatic carbocycles. The first kappa shape index (κ1) is 15.0. The summed E-state index contributed by atoms with van der Waals surface area (Å²) in [5.41, 5.74) is 1.10. The molecule has 0 aliphatic heterocycles. The molecule has 1 N–H and O–H groups in total. The normalized spacial score (nSPS) is 10.4. The van der Waals surface area contributed by atoms with E-state index in [-0.39, 0.29) is 5.69 Å². The molecule has 0 aliphatic carbocycles. The largest absolute Gasteiger partial charge is 0.477 e. The molecule has 2 rings (SSSR count). The summed E-state index contributed by atoms with van der Waals surface area (Å²) >= 11 is 0. The predicted molar refractivity (Wildman–Crippen MR) is 81.8 cm³/mol. The van der Waals surface area contributed by atoms with Gasteiger partial charge in [0, 0.05) is 25.6 Å². The second kappa shape index (κ2) is 6.83. The highest BCUT2D eigenvalue weighted by atomic mass is 16.4. The number of anilines is 1. The van der Waals surface area contributed by atoms with Gasteiger partial charge >= 0.3 is 5.97 Å². The predicted octanol–water partition coefficient (Wildman–Crippen LogP) is 2.61. The van der Waals surface area contributed by atoms with Gasteiger partial charge in [-0.3, -0.25) is 0 Å². The summed E-state index contributed by atoms with van der Waals surface area (Å²) in [6.07, 6.45) is 0.524. The number of benzene rings is 1. The van der Waals surface area contributed by atoms with Crippen LogP contribution in [-0.2, 0) is 6.42 Å². The van der Waals surface area contributed by atoms with Crippen LogP contribution in [0.2, 0.25) is 0 Å². The Kier molecular flexibility index (Phi) is 4.87. The smallest absolute Gasteiger partial charge is 0.354 e. The van der Waals surface area contributed by atoms with E-state index < -0.39 is 5.97 Å². The molecular weight excluding hydrogens is 266 g/mol. The van der Waals surface area contributed by atoms with E-state index in [2.05, 4.69) is 9.97 Å². The zero-order valence-corrected chi connectivity index (χ0v) is 12.3. The second-order valence-corrected chi connectivity index (χ2v) is 4.67. The molecule has 1 heterocycles. The number of aromatic nitrogens is 2. The van der Waals surface area contributed by atoms with Crippen LogP contribution < -0.4 is 4.90 Å². The van der Waals surface area contributed by atoms with E-state index in [1.165, 1.54) is 6.07 Å². The van der Waals surface area contributed by atoms with Crippen LogP contribution >= 0.6 is 0 Å². The van der Waals surface area contributed by atoms with Gasteiger partial charge in [0.2, 0.25) is 0 Å². The molecule has 0 amide bonds. The Bertz CT molecular complexity index is 610. The lowest BCUT2D eigenvalue weighted by atomic mass is 10.1. The van der Waals surface area contributed by atoms with Gasteiger partial charge in [-0.15, -0.1) is 0 Å². The average molecular weight is 285 g/mol. The zero-order chi connectivity index (χ0) is 15.2.